The first-order valence-corrected chi connectivity index (χ1v) is 6.12. The third-order valence-electron chi connectivity index (χ3n) is 4.25. The van der Waals surface area contributed by atoms with Crippen molar-refractivity contribution in [1.82, 2.24) is 0 Å². The van der Waals surface area contributed by atoms with Crippen LogP contribution < -0.4 is 0 Å². The smallest absolute Gasteiger partial charge is 0.00619 e. The van der Waals surface area contributed by atoms with Gasteiger partial charge in [-0.3, -0.25) is 0 Å². The average Bonchev–Trinajstić information content (AvgIpc) is 2.69. The summed E-state index contributed by atoms with van der Waals surface area (Å²) in [5.41, 5.74) is 2.32. The van der Waals surface area contributed by atoms with Gasteiger partial charge in [-0.25, -0.2) is 0 Å². The Bertz CT molecular complexity index is 249. The Hall–Kier alpha value is -0.520. The molecule has 1 fully saturated rings. The molecule has 0 unspecified atom stereocenters. The van der Waals surface area contributed by atoms with Crippen LogP contribution in [0, 0.1) is 11.3 Å². The molecule has 0 aromatic heterocycles. The van der Waals surface area contributed by atoms with Crippen LogP contribution in [-0.2, 0) is 0 Å². The van der Waals surface area contributed by atoms with Gasteiger partial charge < -0.3 is 0 Å². The quantitative estimate of drug-likeness (QED) is 0.602. The molecular formula is C14H22. The van der Waals surface area contributed by atoms with Crippen molar-refractivity contribution in [3.8, 4) is 0 Å². The van der Waals surface area contributed by atoms with E-state index in [4.69, 9.17) is 0 Å². The maximum Gasteiger partial charge on any atom is -0.00619 e. The van der Waals surface area contributed by atoms with E-state index in [1.165, 1.54) is 38.5 Å². The summed E-state index contributed by atoms with van der Waals surface area (Å²) in [4.78, 5) is 0. The molecule has 0 heterocycles. The zero-order valence-corrected chi connectivity index (χ0v) is 9.55. The predicted molar refractivity (Wildman–Crippen MR) is 62.2 cm³/mol. The standard InChI is InChI=1S/C14H22/c1-12(2)14(10-6-7-11-14)13-8-4-3-5-9-13/h3-4,8,12H,5-7,9-11H2,1-2H3. The van der Waals surface area contributed by atoms with Crippen LogP contribution in [0.4, 0.5) is 0 Å². The maximum atomic E-state index is 2.41. The molecule has 14 heavy (non-hydrogen) atoms. The van der Waals surface area contributed by atoms with Gasteiger partial charge in [0.25, 0.3) is 0 Å². The van der Waals surface area contributed by atoms with Gasteiger partial charge in [0.2, 0.25) is 0 Å². The first-order valence-electron chi connectivity index (χ1n) is 6.12. The molecular weight excluding hydrogens is 168 g/mol. The fraction of sp³-hybridized carbons (Fsp3) is 0.714. The molecule has 0 radical (unpaired) electrons. The summed E-state index contributed by atoms with van der Waals surface area (Å²) in [6, 6.07) is 0. The minimum absolute atomic E-state index is 0.574. The van der Waals surface area contributed by atoms with Crippen molar-refractivity contribution in [3.63, 3.8) is 0 Å². The lowest BCUT2D eigenvalue weighted by Crippen LogP contribution is -2.26. The van der Waals surface area contributed by atoms with E-state index in [0.717, 1.165) is 5.92 Å². The van der Waals surface area contributed by atoms with Crippen LogP contribution in [0.3, 0.4) is 0 Å². The van der Waals surface area contributed by atoms with E-state index in [9.17, 15) is 0 Å². The monoisotopic (exact) mass is 190 g/mol. The zero-order chi connectivity index (χ0) is 10.0. The van der Waals surface area contributed by atoms with E-state index in [1.54, 1.807) is 5.57 Å². The maximum absolute atomic E-state index is 2.41. The van der Waals surface area contributed by atoms with E-state index < -0.39 is 0 Å². The van der Waals surface area contributed by atoms with Crippen molar-refractivity contribution in [1.29, 1.82) is 0 Å². The number of rotatable bonds is 2. The van der Waals surface area contributed by atoms with Gasteiger partial charge in [-0.05, 0) is 37.0 Å². The van der Waals surface area contributed by atoms with Crippen LogP contribution >= 0.6 is 0 Å². The van der Waals surface area contributed by atoms with Gasteiger partial charge in [-0.2, -0.15) is 0 Å². The third kappa shape index (κ3) is 1.55. The van der Waals surface area contributed by atoms with Gasteiger partial charge in [0.15, 0.2) is 0 Å². The highest BCUT2D eigenvalue weighted by Crippen LogP contribution is 2.51. The lowest BCUT2D eigenvalue weighted by molar-refractivity contribution is 0.245. The highest BCUT2D eigenvalue weighted by molar-refractivity contribution is 5.26. The van der Waals surface area contributed by atoms with Gasteiger partial charge in [0.05, 0.1) is 0 Å². The minimum Gasteiger partial charge on any atom is -0.0842 e. The van der Waals surface area contributed by atoms with E-state index in [0.29, 0.717) is 5.41 Å². The molecule has 0 amide bonds. The average molecular weight is 190 g/mol. The largest absolute Gasteiger partial charge is 0.0842 e. The molecule has 0 aromatic rings. The van der Waals surface area contributed by atoms with Crippen LogP contribution in [-0.4, -0.2) is 0 Å². The van der Waals surface area contributed by atoms with Crippen molar-refractivity contribution in [2.75, 3.05) is 0 Å². The molecule has 2 aliphatic rings. The molecule has 0 saturated heterocycles. The molecule has 78 valence electrons. The number of hydrogen-bond acceptors (Lipinski definition) is 0. The lowest BCUT2D eigenvalue weighted by atomic mass is 9.68. The Labute approximate surface area is 88.1 Å². The van der Waals surface area contributed by atoms with Crippen LogP contribution in [0.5, 0.6) is 0 Å². The summed E-state index contributed by atoms with van der Waals surface area (Å²) < 4.78 is 0. The summed E-state index contributed by atoms with van der Waals surface area (Å²) in [7, 11) is 0. The summed E-state index contributed by atoms with van der Waals surface area (Å²) in [5, 5.41) is 0. The van der Waals surface area contributed by atoms with E-state index in [1.807, 2.05) is 0 Å². The highest BCUT2D eigenvalue weighted by atomic mass is 14.4. The van der Waals surface area contributed by atoms with Crippen molar-refractivity contribution in [3.05, 3.63) is 23.8 Å². The fourth-order valence-corrected chi connectivity index (χ4v) is 3.29. The van der Waals surface area contributed by atoms with Gasteiger partial charge >= 0.3 is 0 Å². The molecule has 0 spiro atoms. The van der Waals surface area contributed by atoms with Crippen molar-refractivity contribution in [2.24, 2.45) is 11.3 Å². The predicted octanol–water partition coefficient (Wildman–Crippen LogP) is 4.48. The summed E-state index contributed by atoms with van der Waals surface area (Å²) in [6.07, 6.45) is 15.3. The van der Waals surface area contributed by atoms with Crippen LogP contribution in [0.1, 0.15) is 52.4 Å². The second kappa shape index (κ2) is 3.92. The molecule has 2 aliphatic carbocycles. The van der Waals surface area contributed by atoms with Crippen LogP contribution in [0.25, 0.3) is 0 Å². The topological polar surface area (TPSA) is 0 Å². The zero-order valence-electron chi connectivity index (χ0n) is 9.55. The molecule has 0 aliphatic heterocycles. The Kier molecular flexibility index (Phi) is 2.80. The highest BCUT2D eigenvalue weighted by Gasteiger charge is 2.39. The summed E-state index contributed by atoms with van der Waals surface area (Å²) in [6.45, 7) is 4.81. The molecule has 0 N–H and O–H groups in total. The third-order valence-corrected chi connectivity index (χ3v) is 4.25. The Morgan fingerprint density at radius 2 is 1.93 bits per heavy atom. The second-order valence-corrected chi connectivity index (χ2v) is 5.18. The Morgan fingerprint density at radius 1 is 1.21 bits per heavy atom. The Morgan fingerprint density at radius 3 is 2.43 bits per heavy atom. The van der Waals surface area contributed by atoms with Crippen molar-refractivity contribution in [2.45, 2.75) is 52.4 Å². The van der Waals surface area contributed by atoms with Gasteiger partial charge in [-0.1, -0.05) is 50.5 Å². The normalized spacial score (nSPS) is 25.5. The molecule has 0 heteroatoms. The first-order chi connectivity index (χ1) is 6.76. The minimum atomic E-state index is 0.574. The Balaban J connectivity index is 2.25. The molecule has 0 nitrogen and oxygen atoms in total. The van der Waals surface area contributed by atoms with Gasteiger partial charge in [0.1, 0.15) is 0 Å². The van der Waals surface area contributed by atoms with Crippen LogP contribution in [0.2, 0.25) is 0 Å². The van der Waals surface area contributed by atoms with Crippen molar-refractivity contribution < 1.29 is 0 Å². The van der Waals surface area contributed by atoms with E-state index in [-0.39, 0.29) is 0 Å². The molecule has 2 rings (SSSR count). The van der Waals surface area contributed by atoms with E-state index in [2.05, 4.69) is 32.1 Å². The fourth-order valence-electron chi connectivity index (χ4n) is 3.29. The van der Waals surface area contributed by atoms with Crippen LogP contribution in [0.15, 0.2) is 23.8 Å². The summed E-state index contributed by atoms with van der Waals surface area (Å²) in [5.74, 6) is 0.822. The number of allylic oxidation sites excluding steroid dienone is 4. The lowest BCUT2D eigenvalue weighted by Gasteiger charge is -2.37. The number of hydrogen-bond donors (Lipinski definition) is 0. The second-order valence-electron chi connectivity index (χ2n) is 5.18. The molecule has 0 aromatic carbocycles. The molecule has 1 saturated carbocycles. The van der Waals surface area contributed by atoms with Crippen molar-refractivity contribution >= 4 is 0 Å². The van der Waals surface area contributed by atoms with Gasteiger partial charge in [0, 0.05) is 0 Å². The summed E-state index contributed by atoms with van der Waals surface area (Å²) >= 11 is 0. The van der Waals surface area contributed by atoms with Gasteiger partial charge in [-0.15, -0.1) is 0 Å². The SMILES string of the molecule is CC(C)C1(C2=CC=CCC2)CCCC1. The molecule has 0 atom stereocenters. The van der Waals surface area contributed by atoms with E-state index >= 15 is 0 Å². The molecule has 0 bridgehead atoms. The first kappa shape index (κ1) is 10.0.